The van der Waals surface area contributed by atoms with Crippen molar-refractivity contribution in [1.29, 1.82) is 0 Å². The van der Waals surface area contributed by atoms with Crippen molar-refractivity contribution in [3.05, 3.63) is 84.4 Å². The third kappa shape index (κ3) is 7.66. The smallest absolute Gasteiger partial charge is 0.258 e. The molecule has 3 rings (SSSR count). The van der Waals surface area contributed by atoms with Crippen molar-refractivity contribution >= 4 is 28.9 Å². The molecule has 0 saturated carbocycles. The third-order valence-corrected chi connectivity index (χ3v) is 5.42. The minimum atomic E-state index is -0.197. The van der Waals surface area contributed by atoms with Gasteiger partial charge in [-0.15, -0.1) is 0 Å². The van der Waals surface area contributed by atoms with Crippen LogP contribution < -0.4 is 20.3 Å². The number of nitrogens with one attached hydrogen (secondary N) is 2. The van der Waals surface area contributed by atoms with E-state index in [2.05, 4.69) is 17.6 Å². The van der Waals surface area contributed by atoms with E-state index in [0.717, 1.165) is 30.2 Å². The lowest BCUT2D eigenvalue weighted by Crippen LogP contribution is -2.26. The zero-order chi connectivity index (χ0) is 24.2. The van der Waals surface area contributed by atoms with Crippen LogP contribution in [0.2, 0.25) is 0 Å². The molecule has 178 valence electrons. The van der Waals surface area contributed by atoms with E-state index in [1.54, 1.807) is 36.2 Å². The molecule has 0 radical (unpaired) electrons. The van der Waals surface area contributed by atoms with Crippen LogP contribution in [0.25, 0.3) is 0 Å². The summed E-state index contributed by atoms with van der Waals surface area (Å²) in [5.41, 5.74) is 2.72. The number of ether oxygens (including phenoxy) is 1. The summed E-state index contributed by atoms with van der Waals surface area (Å²) in [7, 11) is 1.73. The maximum atomic E-state index is 12.8. The number of para-hydroxylation sites is 1. The summed E-state index contributed by atoms with van der Waals surface area (Å²) in [6.07, 6.45) is 4.69. The maximum absolute atomic E-state index is 12.8. The molecule has 3 aromatic carbocycles. The number of anilines is 3. The van der Waals surface area contributed by atoms with E-state index in [9.17, 15) is 9.59 Å². The molecular formula is C28H33N3O3. The normalized spacial score (nSPS) is 10.4. The van der Waals surface area contributed by atoms with Gasteiger partial charge in [0, 0.05) is 29.7 Å². The van der Waals surface area contributed by atoms with Crippen LogP contribution in [-0.4, -0.2) is 32.0 Å². The summed E-state index contributed by atoms with van der Waals surface area (Å²) in [5, 5.41) is 5.96. The van der Waals surface area contributed by atoms with Crippen LogP contribution in [0, 0.1) is 0 Å². The van der Waals surface area contributed by atoms with Crippen LogP contribution in [0.15, 0.2) is 78.9 Å². The van der Waals surface area contributed by atoms with E-state index in [0.29, 0.717) is 11.3 Å². The molecule has 0 bridgehead atoms. The van der Waals surface area contributed by atoms with Crippen LogP contribution in [0.4, 0.5) is 17.1 Å². The van der Waals surface area contributed by atoms with Crippen molar-refractivity contribution < 1.29 is 14.3 Å². The van der Waals surface area contributed by atoms with Crippen LogP contribution >= 0.6 is 0 Å². The van der Waals surface area contributed by atoms with E-state index in [1.165, 1.54) is 19.3 Å². The summed E-state index contributed by atoms with van der Waals surface area (Å²) in [4.78, 5) is 26.8. The van der Waals surface area contributed by atoms with E-state index < -0.39 is 0 Å². The Balaban J connectivity index is 1.47. The molecule has 0 aromatic heterocycles. The largest absolute Gasteiger partial charge is 0.494 e. The predicted molar refractivity (Wildman–Crippen MR) is 139 cm³/mol. The highest BCUT2D eigenvalue weighted by Gasteiger charge is 2.14. The van der Waals surface area contributed by atoms with Crippen molar-refractivity contribution in [3.8, 4) is 5.75 Å². The van der Waals surface area contributed by atoms with Gasteiger partial charge in [-0.05, 0) is 61.0 Å². The maximum Gasteiger partial charge on any atom is 0.258 e. The summed E-state index contributed by atoms with van der Waals surface area (Å²) < 4.78 is 5.75. The Hall–Kier alpha value is -3.80. The summed E-state index contributed by atoms with van der Waals surface area (Å²) in [5.74, 6) is 0.485. The van der Waals surface area contributed by atoms with E-state index >= 15 is 0 Å². The van der Waals surface area contributed by atoms with E-state index in [4.69, 9.17) is 4.74 Å². The average molecular weight is 460 g/mol. The number of rotatable bonds is 12. The van der Waals surface area contributed by atoms with Crippen molar-refractivity contribution in [2.24, 2.45) is 0 Å². The molecule has 2 amide bonds. The summed E-state index contributed by atoms with van der Waals surface area (Å²) >= 11 is 0. The first kappa shape index (κ1) is 24.8. The van der Waals surface area contributed by atoms with E-state index in [-0.39, 0.29) is 18.4 Å². The van der Waals surface area contributed by atoms with Crippen molar-refractivity contribution in [3.63, 3.8) is 0 Å². The molecule has 2 N–H and O–H groups in total. The highest BCUT2D eigenvalue weighted by Crippen LogP contribution is 2.18. The summed E-state index contributed by atoms with van der Waals surface area (Å²) in [6.45, 7) is 3.02. The van der Waals surface area contributed by atoms with Gasteiger partial charge in [-0.2, -0.15) is 0 Å². The molecule has 6 heteroatoms. The van der Waals surface area contributed by atoms with Gasteiger partial charge in [0.1, 0.15) is 5.75 Å². The first-order chi connectivity index (χ1) is 16.6. The average Bonchev–Trinajstić information content (AvgIpc) is 2.88. The number of nitrogens with zero attached hydrogens (tertiary/aromatic N) is 1. The van der Waals surface area contributed by atoms with E-state index in [1.807, 2.05) is 54.6 Å². The molecule has 6 nitrogen and oxygen atoms in total. The fourth-order valence-corrected chi connectivity index (χ4v) is 3.47. The molecule has 0 fully saturated rings. The van der Waals surface area contributed by atoms with Gasteiger partial charge in [0.15, 0.2) is 0 Å². The number of amides is 2. The Bertz CT molecular complexity index is 1050. The monoisotopic (exact) mass is 459 g/mol. The highest BCUT2D eigenvalue weighted by molar-refractivity contribution is 6.06. The van der Waals surface area contributed by atoms with Gasteiger partial charge in [0.25, 0.3) is 5.91 Å². The Labute approximate surface area is 201 Å². The Morgan fingerprint density at radius 1 is 0.853 bits per heavy atom. The number of benzene rings is 3. The van der Waals surface area contributed by atoms with Crippen molar-refractivity contribution in [1.82, 2.24) is 0 Å². The second kappa shape index (κ2) is 13.0. The lowest BCUT2D eigenvalue weighted by atomic mass is 10.1. The van der Waals surface area contributed by atoms with Gasteiger partial charge in [-0.25, -0.2) is 0 Å². The Kier molecular flexibility index (Phi) is 9.52. The SMILES string of the molecule is CCCCCCOc1ccc(NCC(=O)Nc2cccc(C(=O)N(C)c3ccccc3)c2)cc1. The number of hydrogen-bond donors (Lipinski definition) is 2. The Morgan fingerprint density at radius 2 is 1.62 bits per heavy atom. The van der Waals surface area contributed by atoms with Crippen LogP contribution in [-0.2, 0) is 4.79 Å². The highest BCUT2D eigenvalue weighted by atomic mass is 16.5. The van der Waals surface area contributed by atoms with Crippen molar-refractivity contribution in [2.45, 2.75) is 32.6 Å². The van der Waals surface area contributed by atoms with Gasteiger partial charge >= 0.3 is 0 Å². The molecule has 34 heavy (non-hydrogen) atoms. The molecular weight excluding hydrogens is 426 g/mol. The first-order valence-corrected chi connectivity index (χ1v) is 11.8. The minimum Gasteiger partial charge on any atom is -0.494 e. The quantitative estimate of drug-likeness (QED) is 0.327. The zero-order valence-electron chi connectivity index (χ0n) is 19.9. The molecule has 0 aliphatic heterocycles. The van der Waals surface area contributed by atoms with Gasteiger partial charge in [0.2, 0.25) is 5.91 Å². The number of unbranched alkanes of at least 4 members (excludes halogenated alkanes) is 3. The second-order valence-electron chi connectivity index (χ2n) is 8.12. The lowest BCUT2D eigenvalue weighted by Gasteiger charge is -2.17. The third-order valence-electron chi connectivity index (χ3n) is 5.42. The predicted octanol–water partition coefficient (Wildman–Crippen LogP) is 5.97. The molecule has 3 aromatic rings. The van der Waals surface area contributed by atoms with Gasteiger partial charge in [-0.3, -0.25) is 9.59 Å². The number of carbonyl (C=O) groups excluding carboxylic acids is 2. The second-order valence-corrected chi connectivity index (χ2v) is 8.12. The van der Waals surface area contributed by atoms with Crippen molar-refractivity contribution in [2.75, 3.05) is 35.7 Å². The lowest BCUT2D eigenvalue weighted by molar-refractivity contribution is -0.114. The molecule has 0 saturated heterocycles. The zero-order valence-corrected chi connectivity index (χ0v) is 19.9. The molecule has 0 aliphatic carbocycles. The van der Waals surface area contributed by atoms with Crippen LogP contribution in [0.3, 0.4) is 0 Å². The minimum absolute atomic E-state index is 0.110. The van der Waals surface area contributed by atoms with Gasteiger partial charge < -0.3 is 20.3 Å². The first-order valence-electron chi connectivity index (χ1n) is 11.8. The molecule has 0 spiro atoms. The molecule has 0 unspecified atom stereocenters. The fourth-order valence-electron chi connectivity index (χ4n) is 3.47. The van der Waals surface area contributed by atoms with Gasteiger partial charge in [0.05, 0.1) is 13.2 Å². The summed E-state index contributed by atoms with van der Waals surface area (Å²) in [6, 6.07) is 24.0. The van der Waals surface area contributed by atoms with Crippen LogP contribution in [0.5, 0.6) is 5.75 Å². The standard InChI is InChI=1S/C28H33N3O3/c1-3-4-5-9-19-34-26-17-15-23(16-18-26)29-21-27(32)30-24-12-10-11-22(20-24)28(33)31(2)25-13-7-6-8-14-25/h6-8,10-18,20,29H,3-5,9,19,21H2,1-2H3,(H,30,32). The molecule has 0 atom stereocenters. The number of carbonyl (C=O) groups is 2. The molecule has 0 aliphatic rings. The Morgan fingerprint density at radius 3 is 2.35 bits per heavy atom. The number of hydrogen-bond acceptors (Lipinski definition) is 4. The topological polar surface area (TPSA) is 70.7 Å². The fraction of sp³-hybridized carbons (Fsp3) is 0.286. The van der Waals surface area contributed by atoms with Gasteiger partial charge in [-0.1, -0.05) is 50.5 Å². The molecule has 0 heterocycles. The van der Waals surface area contributed by atoms with Crippen LogP contribution in [0.1, 0.15) is 43.0 Å².